The number of carbonyl (C=O) groups is 1. The molecule has 4 rings (SSSR count). The minimum Gasteiger partial charge on any atom is -0.460 e. The molecule has 1 fully saturated rings. The van der Waals surface area contributed by atoms with Gasteiger partial charge < -0.3 is 15.1 Å². The number of nitrogens with zero attached hydrogens (tertiary/aromatic N) is 3. The Morgan fingerprint density at radius 1 is 1.25 bits per heavy atom. The topological polar surface area (TPSA) is 77.3 Å². The van der Waals surface area contributed by atoms with Crippen molar-refractivity contribution in [2.24, 2.45) is 11.7 Å². The minimum absolute atomic E-state index is 0.0171. The van der Waals surface area contributed by atoms with Crippen molar-refractivity contribution in [2.45, 2.75) is 32.7 Å². The van der Waals surface area contributed by atoms with Crippen LogP contribution >= 0.6 is 0 Å². The number of aromatic nitrogens is 2. The zero-order valence-electron chi connectivity index (χ0n) is 16.3. The second kappa shape index (κ2) is 7.64. The van der Waals surface area contributed by atoms with Gasteiger partial charge in [-0.1, -0.05) is 18.2 Å². The summed E-state index contributed by atoms with van der Waals surface area (Å²) in [5, 5.41) is 4.68. The number of benzene rings is 1. The first kappa shape index (κ1) is 18.5. The van der Waals surface area contributed by atoms with Crippen molar-refractivity contribution >= 4 is 5.91 Å². The Bertz CT molecular complexity index is 958. The summed E-state index contributed by atoms with van der Waals surface area (Å²) in [5.41, 5.74) is 8.14. The molecule has 28 heavy (non-hydrogen) atoms. The van der Waals surface area contributed by atoms with Gasteiger partial charge in [-0.25, -0.2) is 4.68 Å². The van der Waals surface area contributed by atoms with Crippen LogP contribution in [0.5, 0.6) is 0 Å². The number of hydrogen-bond donors (Lipinski definition) is 1. The van der Waals surface area contributed by atoms with Crippen LogP contribution in [0.15, 0.2) is 53.1 Å². The molecule has 0 radical (unpaired) electrons. The molecule has 2 unspecified atom stereocenters. The smallest absolute Gasteiger partial charge is 0.257 e. The van der Waals surface area contributed by atoms with Crippen LogP contribution in [0.25, 0.3) is 17.1 Å². The molecule has 0 bridgehead atoms. The third-order valence-corrected chi connectivity index (χ3v) is 5.43. The van der Waals surface area contributed by atoms with Gasteiger partial charge in [0, 0.05) is 25.3 Å². The van der Waals surface area contributed by atoms with Crippen molar-refractivity contribution < 1.29 is 9.21 Å². The Labute approximate surface area is 164 Å². The average molecular weight is 378 g/mol. The van der Waals surface area contributed by atoms with E-state index in [4.69, 9.17) is 10.2 Å². The molecule has 2 aromatic heterocycles. The predicted molar refractivity (Wildman–Crippen MR) is 108 cm³/mol. The number of nitrogens with two attached hydrogens (primary N) is 1. The van der Waals surface area contributed by atoms with Crippen LogP contribution in [0.3, 0.4) is 0 Å². The molecule has 3 aromatic rings. The van der Waals surface area contributed by atoms with Crippen molar-refractivity contribution in [3.63, 3.8) is 0 Å². The van der Waals surface area contributed by atoms with E-state index in [1.807, 2.05) is 61.2 Å². The lowest BCUT2D eigenvalue weighted by molar-refractivity contribution is 0.0661. The van der Waals surface area contributed by atoms with E-state index < -0.39 is 0 Å². The lowest BCUT2D eigenvalue weighted by atomic mass is 9.92. The fourth-order valence-electron chi connectivity index (χ4n) is 3.78. The highest BCUT2D eigenvalue weighted by Crippen LogP contribution is 2.28. The van der Waals surface area contributed by atoms with Gasteiger partial charge in [-0.05, 0) is 56.9 Å². The van der Waals surface area contributed by atoms with E-state index in [0.717, 1.165) is 30.8 Å². The average Bonchev–Trinajstić information content (AvgIpc) is 3.34. The molecule has 6 heteroatoms. The lowest BCUT2D eigenvalue weighted by Crippen LogP contribution is -2.45. The first-order chi connectivity index (χ1) is 13.5. The molecule has 0 aliphatic carbocycles. The summed E-state index contributed by atoms with van der Waals surface area (Å²) < 4.78 is 7.53. The molecule has 1 aromatic carbocycles. The molecule has 0 saturated carbocycles. The molecule has 6 nitrogen and oxygen atoms in total. The van der Waals surface area contributed by atoms with Gasteiger partial charge in [0.25, 0.3) is 5.91 Å². The van der Waals surface area contributed by atoms with Gasteiger partial charge in [-0.15, -0.1) is 0 Å². The van der Waals surface area contributed by atoms with Crippen molar-refractivity contribution in [1.29, 1.82) is 0 Å². The molecule has 1 aliphatic rings. The van der Waals surface area contributed by atoms with Crippen molar-refractivity contribution in [1.82, 2.24) is 14.7 Å². The molecule has 2 N–H and O–H groups in total. The number of rotatable bonds is 4. The van der Waals surface area contributed by atoms with Crippen molar-refractivity contribution in [3.8, 4) is 17.1 Å². The lowest BCUT2D eigenvalue weighted by Gasteiger charge is -2.34. The summed E-state index contributed by atoms with van der Waals surface area (Å²) in [4.78, 5) is 15.3. The van der Waals surface area contributed by atoms with E-state index in [0.29, 0.717) is 29.5 Å². The second-order valence-corrected chi connectivity index (χ2v) is 7.59. The summed E-state index contributed by atoms with van der Waals surface area (Å²) in [6, 6.07) is 13.6. The highest BCUT2D eigenvalue weighted by molar-refractivity contribution is 5.99. The Hall–Kier alpha value is -2.86. The van der Waals surface area contributed by atoms with E-state index >= 15 is 0 Å². The monoisotopic (exact) mass is 378 g/mol. The highest BCUT2D eigenvalue weighted by Gasteiger charge is 2.30. The first-order valence-electron chi connectivity index (χ1n) is 9.79. The number of amides is 1. The maximum absolute atomic E-state index is 13.4. The second-order valence-electron chi connectivity index (χ2n) is 7.59. The SMILES string of the molecule is Cc1ccc(-c2nn(-c3ccccc3)cc2C(=O)N2CCCC(C(C)N)C2)o1. The number of carbonyl (C=O) groups excluding carboxylic acids is 1. The van der Waals surface area contributed by atoms with Gasteiger partial charge in [0.05, 0.1) is 11.3 Å². The normalized spacial score (nSPS) is 18.2. The zero-order valence-corrected chi connectivity index (χ0v) is 16.3. The summed E-state index contributed by atoms with van der Waals surface area (Å²) >= 11 is 0. The van der Waals surface area contributed by atoms with Gasteiger partial charge in [0.15, 0.2) is 5.76 Å². The number of hydrogen-bond acceptors (Lipinski definition) is 4. The van der Waals surface area contributed by atoms with Crippen LogP contribution in [0.2, 0.25) is 0 Å². The van der Waals surface area contributed by atoms with E-state index in [9.17, 15) is 4.79 Å². The van der Waals surface area contributed by atoms with Crippen molar-refractivity contribution in [2.75, 3.05) is 13.1 Å². The summed E-state index contributed by atoms with van der Waals surface area (Å²) in [5.74, 6) is 1.71. The standard InChI is InChI=1S/C22H26N4O2/c1-15-10-11-20(28-15)21-19(14-26(24-21)18-8-4-3-5-9-18)22(27)25-12-6-7-17(13-25)16(2)23/h3-5,8-11,14,16-17H,6-7,12-13,23H2,1-2H3. The molecule has 146 valence electrons. The van der Waals surface area contributed by atoms with Gasteiger partial charge in [-0.2, -0.15) is 5.10 Å². The predicted octanol–water partition coefficient (Wildman–Crippen LogP) is 3.64. The van der Waals surface area contributed by atoms with Gasteiger partial charge in [0.1, 0.15) is 11.5 Å². The van der Waals surface area contributed by atoms with E-state index in [1.165, 1.54) is 0 Å². The molecule has 1 aliphatic heterocycles. The number of furan rings is 1. The number of para-hydroxylation sites is 1. The van der Waals surface area contributed by atoms with E-state index in [2.05, 4.69) is 5.10 Å². The molecule has 3 heterocycles. The molecule has 1 saturated heterocycles. The quantitative estimate of drug-likeness (QED) is 0.752. The van der Waals surface area contributed by atoms with Crippen LogP contribution in [0.1, 0.15) is 35.9 Å². The molecule has 1 amide bonds. The molecular formula is C22H26N4O2. The number of aryl methyl sites for hydroxylation is 1. The molecule has 2 atom stereocenters. The van der Waals surface area contributed by atoms with Gasteiger partial charge >= 0.3 is 0 Å². The Morgan fingerprint density at radius 3 is 2.71 bits per heavy atom. The maximum Gasteiger partial charge on any atom is 0.257 e. The van der Waals surface area contributed by atoms with Crippen LogP contribution in [0.4, 0.5) is 0 Å². The Balaban J connectivity index is 1.72. The maximum atomic E-state index is 13.4. The minimum atomic E-state index is -0.0171. The highest BCUT2D eigenvalue weighted by atomic mass is 16.3. The van der Waals surface area contributed by atoms with Crippen LogP contribution in [-0.4, -0.2) is 39.7 Å². The zero-order chi connectivity index (χ0) is 19.7. The Morgan fingerprint density at radius 2 is 2.04 bits per heavy atom. The third kappa shape index (κ3) is 3.60. The molecular weight excluding hydrogens is 352 g/mol. The van der Waals surface area contributed by atoms with Gasteiger partial charge in [-0.3, -0.25) is 4.79 Å². The summed E-state index contributed by atoms with van der Waals surface area (Å²) in [7, 11) is 0. The number of likely N-dealkylation sites (tertiary alicyclic amines) is 1. The van der Waals surface area contributed by atoms with Crippen LogP contribution in [0, 0.1) is 12.8 Å². The van der Waals surface area contributed by atoms with E-state index in [-0.39, 0.29) is 11.9 Å². The van der Waals surface area contributed by atoms with Crippen molar-refractivity contribution in [3.05, 3.63) is 60.0 Å². The third-order valence-electron chi connectivity index (χ3n) is 5.43. The van der Waals surface area contributed by atoms with E-state index in [1.54, 1.807) is 10.9 Å². The first-order valence-corrected chi connectivity index (χ1v) is 9.79. The van der Waals surface area contributed by atoms with Gasteiger partial charge in [0.2, 0.25) is 0 Å². The summed E-state index contributed by atoms with van der Waals surface area (Å²) in [6.45, 7) is 5.33. The van der Waals surface area contributed by atoms with Crippen LogP contribution in [-0.2, 0) is 0 Å². The largest absolute Gasteiger partial charge is 0.460 e. The fourth-order valence-corrected chi connectivity index (χ4v) is 3.78. The molecule has 0 spiro atoms. The van der Waals surface area contributed by atoms with Crippen LogP contribution < -0.4 is 5.73 Å². The number of piperidine rings is 1. The summed E-state index contributed by atoms with van der Waals surface area (Å²) in [6.07, 6.45) is 3.84. The Kier molecular flexibility index (Phi) is 5.05. The fraction of sp³-hybridized carbons (Fsp3) is 0.364.